The first kappa shape index (κ1) is 27.5. The molecule has 3 aliphatic heterocycles. The van der Waals surface area contributed by atoms with Gasteiger partial charge in [-0.2, -0.15) is 0 Å². The first-order valence-electron chi connectivity index (χ1n) is 14.0. The molecule has 0 aliphatic carbocycles. The van der Waals surface area contributed by atoms with Crippen molar-refractivity contribution in [2.24, 2.45) is 0 Å². The fourth-order valence-electron chi connectivity index (χ4n) is 6.29. The van der Waals surface area contributed by atoms with Gasteiger partial charge in [-0.15, -0.1) is 0 Å². The van der Waals surface area contributed by atoms with Gasteiger partial charge in [0.05, 0.1) is 6.04 Å². The Balaban J connectivity index is 0.000000173. The highest BCUT2D eigenvalue weighted by Crippen LogP contribution is 2.36. The second-order valence-electron chi connectivity index (χ2n) is 10.8. The van der Waals surface area contributed by atoms with Gasteiger partial charge in [-0.3, -0.25) is 4.79 Å². The molecule has 0 aromatic heterocycles. The maximum Gasteiger partial charge on any atom is 0.223 e. The average Bonchev–Trinajstić information content (AvgIpc) is 3.18. The van der Waals surface area contributed by atoms with Gasteiger partial charge in [-0.1, -0.05) is 48.5 Å². The van der Waals surface area contributed by atoms with E-state index in [1.54, 1.807) is 0 Å². The Hall–Kier alpha value is -2.54. The Morgan fingerprint density at radius 2 is 1.65 bits per heavy atom. The summed E-state index contributed by atoms with van der Waals surface area (Å²) in [7, 11) is 6.21. The number of likely N-dealkylation sites (N-methyl/N-ethyl adjacent to an activating group) is 3. The largest absolute Gasteiger partial charge is 0.334 e. The number of aldehydes is 1. The molecule has 0 bridgehead atoms. The second kappa shape index (κ2) is 13.3. The van der Waals surface area contributed by atoms with E-state index in [4.69, 9.17) is 0 Å². The monoisotopic (exact) mass is 504 g/mol. The third-order valence-corrected chi connectivity index (χ3v) is 8.46. The lowest BCUT2D eigenvalue weighted by atomic mass is 9.92. The Morgan fingerprint density at radius 1 is 0.946 bits per heavy atom. The number of nitrogens with zero attached hydrogens (tertiary/aromatic N) is 2. The molecular formula is C31H44N4O2. The zero-order valence-corrected chi connectivity index (χ0v) is 22.8. The maximum absolute atomic E-state index is 12.2. The molecule has 0 spiro atoms. The van der Waals surface area contributed by atoms with Crippen molar-refractivity contribution in [2.75, 3.05) is 34.2 Å². The van der Waals surface area contributed by atoms with Crippen LogP contribution in [0.4, 0.5) is 0 Å². The molecule has 2 aromatic carbocycles. The van der Waals surface area contributed by atoms with Crippen LogP contribution < -0.4 is 10.6 Å². The summed E-state index contributed by atoms with van der Waals surface area (Å²) in [6, 6.07) is 18.9. The van der Waals surface area contributed by atoms with Gasteiger partial charge in [0.1, 0.15) is 6.29 Å². The van der Waals surface area contributed by atoms with Crippen molar-refractivity contribution in [3.63, 3.8) is 0 Å². The fourth-order valence-corrected chi connectivity index (χ4v) is 6.29. The number of unbranched alkanes of at least 4 members (excludes halogenated alkanes) is 1. The number of carbonyl (C=O) groups excluding carboxylic acids is 2. The molecule has 3 aliphatic rings. The first-order chi connectivity index (χ1) is 18.0. The van der Waals surface area contributed by atoms with Crippen molar-refractivity contribution < 1.29 is 9.59 Å². The Morgan fingerprint density at radius 3 is 2.35 bits per heavy atom. The van der Waals surface area contributed by atoms with E-state index in [1.807, 2.05) is 14.1 Å². The summed E-state index contributed by atoms with van der Waals surface area (Å²) in [5.41, 5.74) is 5.64. The van der Waals surface area contributed by atoms with Crippen molar-refractivity contribution in [1.29, 1.82) is 0 Å². The first-order valence-corrected chi connectivity index (χ1v) is 14.0. The van der Waals surface area contributed by atoms with E-state index in [-0.39, 0.29) is 0 Å². The number of hydrogen-bond donors (Lipinski definition) is 2. The van der Waals surface area contributed by atoms with E-state index in [0.29, 0.717) is 36.5 Å². The van der Waals surface area contributed by atoms with Gasteiger partial charge in [0.25, 0.3) is 0 Å². The molecule has 5 rings (SSSR count). The molecule has 200 valence electrons. The number of rotatable bonds is 6. The predicted octanol–water partition coefficient (Wildman–Crippen LogP) is 4.06. The average molecular weight is 505 g/mol. The number of fused-ring (bicyclic) bond motifs is 4. The molecule has 0 radical (unpaired) electrons. The van der Waals surface area contributed by atoms with E-state index >= 15 is 0 Å². The summed E-state index contributed by atoms with van der Waals surface area (Å²) in [6.45, 7) is 1.87. The number of amides is 1. The third kappa shape index (κ3) is 6.67. The molecule has 1 fully saturated rings. The summed E-state index contributed by atoms with van der Waals surface area (Å²) in [4.78, 5) is 27.2. The summed E-state index contributed by atoms with van der Waals surface area (Å²) in [6.07, 6.45) is 8.76. The topological polar surface area (TPSA) is 64.7 Å². The number of hydrogen-bond acceptors (Lipinski definition) is 5. The van der Waals surface area contributed by atoms with Gasteiger partial charge >= 0.3 is 0 Å². The highest BCUT2D eigenvalue weighted by molar-refractivity contribution is 5.77. The molecule has 4 atom stereocenters. The summed E-state index contributed by atoms with van der Waals surface area (Å²) < 4.78 is 0. The molecule has 37 heavy (non-hydrogen) atoms. The van der Waals surface area contributed by atoms with Crippen LogP contribution in [-0.2, 0) is 22.4 Å². The van der Waals surface area contributed by atoms with Crippen LogP contribution in [0.5, 0.6) is 0 Å². The smallest absolute Gasteiger partial charge is 0.223 e. The minimum atomic E-state index is 0.306. The molecule has 2 aromatic rings. The summed E-state index contributed by atoms with van der Waals surface area (Å²) in [5, 5.41) is 6.76. The minimum absolute atomic E-state index is 0.306. The number of piperidine rings is 1. The quantitative estimate of drug-likeness (QED) is 0.459. The highest BCUT2D eigenvalue weighted by Gasteiger charge is 2.34. The van der Waals surface area contributed by atoms with Gasteiger partial charge in [-0.25, -0.2) is 0 Å². The molecule has 0 saturated carbocycles. The van der Waals surface area contributed by atoms with E-state index in [9.17, 15) is 9.59 Å². The number of nitrogens with one attached hydrogen (secondary N) is 2. The van der Waals surface area contributed by atoms with Gasteiger partial charge in [0.2, 0.25) is 5.91 Å². The van der Waals surface area contributed by atoms with Crippen LogP contribution in [0.1, 0.15) is 72.9 Å². The summed E-state index contributed by atoms with van der Waals surface area (Å²) >= 11 is 0. The van der Waals surface area contributed by atoms with Gasteiger partial charge in [0.15, 0.2) is 0 Å². The van der Waals surface area contributed by atoms with E-state index < -0.39 is 0 Å². The number of benzene rings is 2. The molecule has 6 heteroatoms. The third-order valence-electron chi connectivity index (χ3n) is 8.46. The molecule has 1 amide bonds. The van der Waals surface area contributed by atoms with E-state index in [0.717, 1.165) is 64.3 Å². The van der Waals surface area contributed by atoms with Crippen molar-refractivity contribution in [1.82, 2.24) is 20.4 Å². The summed E-state index contributed by atoms with van der Waals surface area (Å²) in [5.74, 6) is 0.322. The van der Waals surface area contributed by atoms with Crippen LogP contribution in [0.3, 0.4) is 0 Å². The lowest BCUT2D eigenvalue weighted by Gasteiger charge is -2.36. The SMILES string of the molecule is CNC1CN(C)C(CCCC=O)Cc2ccccc21.CNC1Cc2ccccc2C2CCCC(=O)N2C1. The number of carbonyl (C=O) groups is 2. The van der Waals surface area contributed by atoms with Crippen LogP contribution in [0.15, 0.2) is 48.5 Å². The van der Waals surface area contributed by atoms with E-state index in [1.165, 1.54) is 22.3 Å². The molecular weight excluding hydrogens is 460 g/mol. The second-order valence-corrected chi connectivity index (χ2v) is 10.8. The standard InChI is InChI=1S/C16H24N2O.C15H20N2O/c1-17-16-12-18(2)14(8-5-6-10-19)11-13-7-3-4-9-15(13)16;1-16-12-9-11-5-2-3-6-13(11)14-7-4-8-15(18)17(14)10-12/h3-4,7,9-10,14,16-17H,5-6,8,11-12H2,1-2H3;2-3,5-6,12,14,16H,4,7-10H2,1H3. The Bertz CT molecular complexity index is 1040. The fraction of sp³-hybridized carbons (Fsp3) is 0.548. The predicted molar refractivity (Wildman–Crippen MR) is 150 cm³/mol. The normalized spacial score (nSPS) is 25.5. The van der Waals surface area contributed by atoms with Crippen LogP contribution in [0.2, 0.25) is 0 Å². The lowest BCUT2D eigenvalue weighted by Crippen LogP contribution is -2.45. The van der Waals surface area contributed by atoms with Crippen molar-refractivity contribution in [3.05, 3.63) is 70.8 Å². The van der Waals surface area contributed by atoms with Crippen LogP contribution in [0.25, 0.3) is 0 Å². The van der Waals surface area contributed by atoms with E-state index in [2.05, 4.69) is 76.0 Å². The van der Waals surface area contributed by atoms with Crippen LogP contribution in [-0.4, -0.2) is 68.3 Å². The van der Waals surface area contributed by atoms with Crippen molar-refractivity contribution in [3.8, 4) is 0 Å². The zero-order valence-electron chi connectivity index (χ0n) is 22.8. The van der Waals surface area contributed by atoms with Gasteiger partial charge < -0.3 is 25.2 Å². The van der Waals surface area contributed by atoms with Crippen molar-refractivity contribution in [2.45, 2.75) is 75.5 Å². The minimum Gasteiger partial charge on any atom is -0.334 e. The molecule has 2 N–H and O–H groups in total. The highest BCUT2D eigenvalue weighted by atomic mass is 16.2. The molecule has 1 saturated heterocycles. The molecule has 3 heterocycles. The van der Waals surface area contributed by atoms with Crippen molar-refractivity contribution >= 4 is 12.2 Å². The van der Waals surface area contributed by atoms with Crippen LogP contribution in [0, 0.1) is 0 Å². The van der Waals surface area contributed by atoms with Gasteiger partial charge in [0, 0.05) is 44.1 Å². The maximum atomic E-state index is 12.2. The molecule has 4 unspecified atom stereocenters. The van der Waals surface area contributed by atoms with Crippen LogP contribution >= 0.6 is 0 Å². The lowest BCUT2D eigenvalue weighted by molar-refractivity contribution is -0.136. The zero-order chi connectivity index (χ0) is 26.2. The Kier molecular flexibility index (Phi) is 9.89. The van der Waals surface area contributed by atoms with Gasteiger partial charge in [-0.05, 0) is 81.9 Å². The molecule has 6 nitrogen and oxygen atoms in total. The Labute approximate surface area is 222 Å².